The number of amidine groups is 1. The van der Waals surface area contributed by atoms with Crippen LogP contribution in [0.5, 0.6) is 0 Å². The average Bonchev–Trinajstić information content (AvgIpc) is 2.42. The van der Waals surface area contributed by atoms with Gasteiger partial charge in [0.25, 0.3) is 0 Å². The lowest BCUT2D eigenvalue weighted by Crippen LogP contribution is -2.56. The Morgan fingerprint density at radius 3 is 2.80 bits per heavy atom. The maximum absolute atomic E-state index is 11.5. The molecule has 2 unspecified atom stereocenters. The van der Waals surface area contributed by atoms with Crippen molar-refractivity contribution in [2.24, 2.45) is 21.5 Å². The summed E-state index contributed by atoms with van der Waals surface area (Å²) < 4.78 is 0. The maximum atomic E-state index is 11.5. The number of rotatable bonds is 4. The second kappa shape index (κ2) is 5.59. The average molecular weight is 293 g/mol. The van der Waals surface area contributed by atoms with E-state index >= 15 is 0 Å². The van der Waals surface area contributed by atoms with Gasteiger partial charge in [0.2, 0.25) is 0 Å². The van der Waals surface area contributed by atoms with Crippen molar-refractivity contribution in [2.75, 3.05) is 6.26 Å². The summed E-state index contributed by atoms with van der Waals surface area (Å²) >= 11 is 1.52. The van der Waals surface area contributed by atoms with Gasteiger partial charge >= 0.3 is 5.54 Å². The van der Waals surface area contributed by atoms with Crippen molar-refractivity contribution in [3.8, 4) is 0 Å². The number of nitro groups is 1. The van der Waals surface area contributed by atoms with Gasteiger partial charge in [0.1, 0.15) is 0 Å². The first-order chi connectivity index (χ1) is 9.49. The Kier molecular flexibility index (Phi) is 4.05. The van der Waals surface area contributed by atoms with Crippen molar-refractivity contribution in [1.29, 1.82) is 0 Å². The number of hydrogen-bond acceptors (Lipinski definition) is 7. The van der Waals surface area contributed by atoms with E-state index in [2.05, 4.69) is 9.98 Å². The van der Waals surface area contributed by atoms with Crippen LogP contribution in [-0.2, 0) is 6.42 Å². The lowest BCUT2D eigenvalue weighted by atomic mass is 9.90. The van der Waals surface area contributed by atoms with Crippen LogP contribution in [0.3, 0.4) is 0 Å². The molecule has 0 aromatic heterocycles. The van der Waals surface area contributed by atoms with E-state index in [4.69, 9.17) is 11.5 Å². The number of nitrogens with zero attached hydrogens (tertiary/aromatic N) is 3. The molecule has 0 radical (unpaired) electrons. The van der Waals surface area contributed by atoms with Gasteiger partial charge < -0.3 is 5.73 Å². The van der Waals surface area contributed by atoms with Crippen LogP contribution in [-0.4, -0.2) is 35.1 Å². The van der Waals surface area contributed by atoms with Crippen LogP contribution in [0.25, 0.3) is 0 Å². The molecular formula is C12H15N5O2S. The monoisotopic (exact) mass is 293 g/mol. The lowest BCUT2D eigenvalue weighted by Gasteiger charge is -2.25. The highest BCUT2D eigenvalue weighted by Crippen LogP contribution is 2.26. The minimum absolute atomic E-state index is 0.0998. The van der Waals surface area contributed by atoms with Crippen molar-refractivity contribution in [3.63, 3.8) is 0 Å². The third-order valence-corrected chi connectivity index (χ3v) is 3.97. The van der Waals surface area contributed by atoms with E-state index in [0.29, 0.717) is 0 Å². The van der Waals surface area contributed by atoms with Crippen molar-refractivity contribution in [1.82, 2.24) is 0 Å². The molecular weight excluding hydrogens is 278 g/mol. The van der Waals surface area contributed by atoms with E-state index in [1.54, 1.807) is 0 Å². The van der Waals surface area contributed by atoms with Crippen LogP contribution >= 0.6 is 11.8 Å². The fraction of sp³-hybridized carbons (Fsp3) is 0.333. The quantitative estimate of drug-likeness (QED) is 0.480. The molecule has 8 heteroatoms. The third-order valence-electron chi connectivity index (χ3n) is 3.13. The molecule has 7 nitrogen and oxygen atoms in total. The van der Waals surface area contributed by atoms with Gasteiger partial charge in [-0.1, -0.05) is 18.2 Å². The van der Waals surface area contributed by atoms with Crippen molar-refractivity contribution >= 4 is 23.8 Å². The molecule has 0 aliphatic carbocycles. The lowest BCUT2D eigenvalue weighted by molar-refractivity contribution is -0.524. The first-order valence-corrected chi connectivity index (χ1v) is 7.12. The topological polar surface area (TPSA) is 120 Å². The fourth-order valence-electron chi connectivity index (χ4n) is 2.03. The van der Waals surface area contributed by atoms with E-state index in [0.717, 1.165) is 10.5 Å². The normalized spacial score (nSPS) is 25.3. The van der Waals surface area contributed by atoms with E-state index in [9.17, 15) is 10.1 Å². The van der Waals surface area contributed by atoms with Gasteiger partial charge in [0, 0.05) is 9.82 Å². The van der Waals surface area contributed by atoms with Crippen molar-refractivity contribution in [3.05, 3.63) is 39.9 Å². The van der Waals surface area contributed by atoms with Gasteiger partial charge in [0.05, 0.1) is 12.6 Å². The molecule has 1 aromatic rings. The Morgan fingerprint density at radius 2 is 2.20 bits per heavy atom. The summed E-state index contributed by atoms with van der Waals surface area (Å²) in [5, 5.41) is 11.5. The number of aliphatic imine (C=N–C) groups is 2. The van der Waals surface area contributed by atoms with E-state index in [1.165, 1.54) is 18.0 Å². The van der Waals surface area contributed by atoms with Crippen molar-refractivity contribution in [2.45, 2.75) is 23.1 Å². The van der Waals surface area contributed by atoms with E-state index in [-0.39, 0.29) is 12.3 Å². The minimum atomic E-state index is -1.62. The zero-order valence-electron chi connectivity index (χ0n) is 10.9. The molecule has 1 aromatic carbocycles. The highest BCUT2D eigenvalue weighted by atomic mass is 32.2. The van der Waals surface area contributed by atoms with Gasteiger partial charge in [-0.05, 0) is 17.9 Å². The van der Waals surface area contributed by atoms with E-state index in [1.807, 2.05) is 30.5 Å². The summed E-state index contributed by atoms with van der Waals surface area (Å²) in [7, 11) is 0. The summed E-state index contributed by atoms with van der Waals surface area (Å²) in [4.78, 5) is 19.7. The van der Waals surface area contributed by atoms with Crippen LogP contribution in [0.4, 0.5) is 0 Å². The van der Waals surface area contributed by atoms with Crippen LogP contribution in [0, 0.1) is 10.1 Å². The molecule has 0 amide bonds. The molecule has 0 saturated carbocycles. The Labute approximate surface area is 120 Å². The molecule has 20 heavy (non-hydrogen) atoms. The molecule has 4 N–H and O–H groups in total. The zero-order valence-corrected chi connectivity index (χ0v) is 11.7. The first-order valence-electron chi connectivity index (χ1n) is 5.89. The SMILES string of the molecule is CSc1ccccc1CC1([N+](=O)[O-])C=NC(N)N=C1N. The highest BCUT2D eigenvalue weighted by Gasteiger charge is 2.48. The summed E-state index contributed by atoms with van der Waals surface area (Å²) in [6.07, 6.45) is 2.36. The molecule has 0 fully saturated rings. The second-order valence-corrected chi connectivity index (χ2v) is 5.22. The summed E-state index contributed by atoms with van der Waals surface area (Å²) in [6.45, 7) is 0. The molecule has 0 spiro atoms. The predicted molar refractivity (Wildman–Crippen MR) is 79.7 cm³/mol. The predicted octanol–water partition coefficient (Wildman–Crippen LogP) is 0.650. The molecule has 1 aliphatic heterocycles. The molecule has 2 rings (SSSR count). The molecule has 0 saturated heterocycles. The zero-order chi connectivity index (χ0) is 14.8. The largest absolute Gasteiger partial charge is 0.381 e. The van der Waals surface area contributed by atoms with Crippen LogP contribution in [0.1, 0.15) is 5.56 Å². The number of hydrogen-bond donors (Lipinski definition) is 2. The number of thioether (sulfide) groups is 1. The molecule has 106 valence electrons. The minimum Gasteiger partial charge on any atom is -0.381 e. The molecule has 1 aliphatic rings. The highest BCUT2D eigenvalue weighted by molar-refractivity contribution is 7.98. The Balaban J connectivity index is 2.44. The smallest absolute Gasteiger partial charge is 0.316 e. The standard InChI is InChI=1S/C12H15N5O2S/c1-20-9-5-3-2-4-8(9)6-12(17(18)19)7-15-11(14)16-10(12)13/h2-5,7,11H,6,14H2,1H3,(H2,13,16). The summed E-state index contributed by atoms with van der Waals surface area (Å²) in [6, 6.07) is 7.47. The van der Waals surface area contributed by atoms with Gasteiger partial charge in [-0.3, -0.25) is 15.8 Å². The maximum Gasteiger partial charge on any atom is 0.316 e. The molecule has 1 heterocycles. The number of benzene rings is 1. The third kappa shape index (κ3) is 2.52. The molecule has 0 bridgehead atoms. The summed E-state index contributed by atoms with van der Waals surface area (Å²) in [5.41, 5.74) is 10.5. The summed E-state index contributed by atoms with van der Waals surface area (Å²) in [5.74, 6) is -0.110. The van der Waals surface area contributed by atoms with Gasteiger partial charge in [0.15, 0.2) is 12.1 Å². The Bertz CT molecular complexity index is 589. The number of nitrogens with two attached hydrogens (primary N) is 2. The Hall–Kier alpha value is -1.93. The Morgan fingerprint density at radius 1 is 1.50 bits per heavy atom. The second-order valence-electron chi connectivity index (χ2n) is 4.38. The first kappa shape index (κ1) is 14.5. The fourth-order valence-corrected chi connectivity index (χ4v) is 2.65. The van der Waals surface area contributed by atoms with Crippen molar-refractivity contribution < 1.29 is 4.92 Å². The van der Waals surface area contributed by atoms with Crippen LogP contribution in [0.2, 0.25) is 0 Å². The molecule has 2 atom stereocenters. The van der Waals surface area contributed by atoms with Crippen LogP contribution < -0.4 is 11.5 Å². The van der Waals surface area contributed by atoms with Gasteiger partial charge in [-0.25, -0.2) is 9.98 Å². The van der Waals surface area contributed by atoms with Crippen LogP contribution in [0.15, 0.2) is 39.1 Å². The van der Waals surface area contributed by atoms with E-state index < -0.39 is 16.8 Å². The van der Waals surface area contributed by atoms with Gasteiger partial charge in [-0.15, -0.1) is 11.8 Å². The van der Waals surface area contributed by atoms with Gasteiger partial charge in [-0.2, -0.15) is 0 Å².